The van der Waals surface area contributed by atoms with Crippen LogP contribution in [0.3, 0.4) is 0 Å². The summed E-state index contributed by atoms with van der Waals surface area (Å²) >= 11 is 3.76. The molecule has 0 aliphatic heterocycles. The fourth-order valence-electron chi connectivity index (χ4n) is 1.06. The first-order valence-corrected chi connectivity index (χ1v) is 7.05. The molecule has 0 bridgehead atoms. The number of thiophene rings is 1. The Morgan fingerprint density at radius 1 is 1.47 bits per heavy atom. The van der Waals surface area contributed by atoms with Gasteiger partial charge in [0.1, 0.15) is 0 Å². The lowest BCUT2D eigenvalue weighted by molar-refractivity contribution is 0.750. The summed E-state index contributed by atoms with van der Waals surface area (Å²) < 4.78 is 0. The lowest BCUT2D eigenvalue weighted by atomic mass is 10.3. The van der Waals surface area contributed by atoms with Crippen LogP contribution >= 0.6 is 23.1 Å². The highest BCUT2D eigenvalue weighted by Gasteiger charge is 1.99. The van der Waals surface area contributed by atoms with E-state index < -0.39 is 0 Å². The Hall–Kier alpha value is -0.430. The number of nitrogens with two attached hydrogens (primary N) is 1. The molecule has 0 radical (unpaired) electrons. The van der Waals surface area contributed by atoms with Crippen molar-refractivity contribution in [1.82, 2.24) is 0 Å². The van der Waals surface area contributed by atoms with E-state index in [1.54, 1.807) is 11.3 Å². The molecular weight excluding hydrogens is 222 g/mol. The molecule has 1 rings (SSSR count). The van der Waals surface area contributed by atoms with E-state index in [1.165, 1.54) is 10.6 Å². The van der Waals surface area contributed by atoms with Crippen LogP contribution in [-0.2, 0) is 5.75 Å². The molecule has 1 aromatic rings. The average molecular weight is 239 g/mol. The molecule has 3 heteroatoms. The molecule has 1 nitrogen and oxygen atoms in total. The normalized spacial score (nSPS) is 10.1. The summed E-state index contributed by atoms with van der Waals surface area (Å²) in [4.78, 5) is 2.53. The van der Waals surface area contributed by atoms with Gasteiger partial charge in [-0.1, -0.05) is 25.7 Å². The van der Waals surface area contributed by atoms with E-state index in [-0.39, 0.29) is 0 Å². The first-order valence-electron chi connectivity index (χ1n) is 5.07. The molecule has 0 spiro atoms. The third-order valence-corrected chi connectivity index (χ3v) is 4.27. The third-order valence-electron chi connectivity index (χ3n) is 1.67. The van der Waals surface area contributed by atoms with Gasteiger partial charge in [0, 0.05) is 10.6 Å². The highest BCUT2D eigenvalue weighted by atomic mass is 32.2. The molecule has 0 atom stereocenters. The van der Waals surface area contributed by atoms with E-state index in [4.69, 9.17) is 5.73 Å². The van der Waals surface area contributed by atoms with Gasteiger partial charge in [0.25, 0.3) is 0 Å². The highest BCUT2D eigenvalue weighted by molar-refractivity contribution is 7.98. The number of hydrogen-bond acceptors (Lipinski definition) is 3. The molecule has 0 saturated carbocycles. The van der Waals surface area contributed by atoms with Gasteiger partial charge in [-0.3, -0.25) is 0 Å². The van der Waals surface area contributed by atoms with Gasteiger partial charge in [0.2, 0.25) is 0 Å². The SMILES string of the molecule is CC(C)CSCc1ccc(C#CCN)s1. The zero-order valence-electron chi connectivity index (χ0n) is 9.25. The fourth-order valence-corrected chi connectivity index (χ4v) is 3.11. The van der Waals surface area contributed by atoms with Crippen LogP contribution in [-0.4, -0.2) is 12.3 Å². The lowest BCUT2D eigenvalue weighted by Crippen LogP contribution is -1.92. The Morgan fingerprint density at radius 2 is 2.27 bits per heavy atom. The maximum absolute atomic E-state index is 5.32. The van der Waals surface area contributed by atoms with E-state index >= 15 is 0 Å². The van der Waals surface area contributed by atoms with Crippen molar-refractivity contribution < 1.29 is 0 Å². The van der Waals surface area contributed by atoms with Gasteiger partial charge in [0.05, 0.1) is 11.4 Å². The van der Waals surface area contributed by atoms with Gasteiger partial charge in [0.15, 0.2) is 0 Å². The van der Waals surface area contributed by atoms with Crippen LogP contribution in [0.2, 0.25) is 0 Å². The van der Waals surface area contributed by atoms with Crippen LogP contribution in [0.5, 0.6) is 0 Å². The molecular formula is C12H17NS2. The average Bonchev–Trinajstić information content (AvgIpc) is 2.62. The third kappa shape index (κ3) is 5.27. The van der Waals surface area contributed by atoms with Crippen LogP contribution < -0.4 is 5.73 Å². The summed E-state index contributed by atoms with van der Waals surface area (Å²) in [6, 6.07) is 4.25. The number of thioether (sulfide) groups is 1. The summed E-state index contributed by atoms with van der Waals surface area (Å²) in [5, 5.41) is 0. The molecule has 2 N–H and O–H groups in total. The summed E-state index contributed by atoms with van der Waals surface area (Å²) in [6.45, 7) is 4.94. The molecule has 82 valence electrons. The standard InChI is InChI=1S/C12H17NS2/c1-10(2)8-14-9-12-6-5-11(15-12)4-3-7-13/h5-6,10H,7-9,13H2,1-2H3. The Morgan fingerprint density at radius 3 is 2.93 bits per heavy atom. The number of hydrogen-bond donors (Lipinski definition) is 1. The Labute approximate surface area is 100 Å². The molecule has 0 amide bonds. The van der Waals surface area contributed by atoms with Crippen LogP contribution in [0.25, 0.3) is 0 Å². The zero-order chi connectivity index (χ0) is 11.1. The van der Waals surface area contributed by atoms with Crippen molar-refractivity contribution in [2.45, 2.75) is 19.6 Å². The lowest BCUT2D eigenvalue weighted by Gasteiger charge is -2.01. The van der Waals surface area contributed by atoms with E-state index in [9.17, 15) is 0 Å². The van der Waals surface area contributed by atoms with Crippen molar-refractivity contribution in [2.75, 3.05) is 12.3 Å². The van der Waals surface area contributed by atoms with E-state index in [0.29, 0.717) is 6.54 Å². The van der Waals surface area contributed by atoms with Gasteiger partial charge >= 0.3 is 0 Å². The van der Waals surface area contributed by atoms with Crippen molar-refractivity contribution in [2.24, 2.45) is 11.7 Å². The second-order valence-electron chi connectivity index (χ2n) is 3.68. The van der Waals surface area contributed by atoms with Crippen molar-refractivity contribution >= 4 is 23.1 Å². The van der Waals surface area contributed by atoms with Gasteiger partial charge in [-0.05, 0) is 23.8 Å². The van der Waals surface area contributed by atoms with E-state index in [2.05, 4.69) is 37.8 Å². The van der Waals surface area contributed by atoms with Crippen molar-refractivity contribution in [3.05, 3.63) is 21.9 Å². The first-order chi connectivity index (χ1) is 7.22. The zero-order valence-corrected chi connectivity index (χ0v) is 10.9. The smallest absolute Gasteiger partial charge is 0.0772 e. The summed E-state index contributed by atoms with van der Waals surface area (Å²) in [7, 11) is 0. The minimum Gasteiger partial charge on any atom is -0.320 e. The van der Waals surface area contributed by atoms with Crippen LogP contribution in [0, 0.1) is 17.8 Å². The second-order valence-corrected chi connectivity index (χ2v) is 5.88. The molecule has 0 saturated heterocycles. The minimum absolute atomic E-state index is 0.440. The predicted molar refractivity (Wildman–Crippen MR) is 71.3 cm³/mol. The quantitative estimate of drug-likeness (QED) is 0.818. The Kier molecular flexibility index (Phi) is 5.85. The summed E-state index contributed by atoms with van der Waals surface area (Å²) in [6.07, 6.45) is 0. The van der Waals surface area contributed by atoms with Crippen molar-refractivity contribution in [3.8, 4) is 11.8 Å². The second kappa shape index (κ2) is 6.95. The maximum Gasteiger partial charge on any atom is 0.0772 e. The largest absolute Gasteiger partial charge is 0.320 e. The molecule has 0 unspecified atom stereocenters. The maximum atomic E-state index is 5.32. The molecule has 0 aromatic carbocycles. The Balaban J connectivity index is 2.39. The summed E-state index contributed by atoms with van der Waals surface area (Å²) in [5.41, 5.74) is 5.32. The highest BCUT2D eigenvalue weighted by Crippen LogP contribution is 2.22. The minimum atomic E-state index is 0.440. The fraction of sp³-hybridized carbons (Fsp3) is 0.500. The van der Waals surface area contributed by atoms with Gasteiger partial charge in [-0.25, -0.2) is 0 Å². The van der Waals surface area contributed by atoms with Crippen molar-refractivity contribution in [1.29, 1.82) is 0 Å². The Bertz CT molecular complexity index is 344. The topological polar surface area (TPSA) is 26.0 Å². The number of rotatable bonds is 4. The van der Waals surface area contributed by atoms with Gasteiger partial charge in [-0.2, -0.15) is 11.8 Å². The van der Waals surface area contributed by atoms with Gasteiger partial charge in [-0.15, -0.1) is 11.3 Å². The molecule has 1 aromatic heterocycles. The molecule has 0 aliphatic carbocycles. The monoisotopic (exact) mass is 239 g/mol. The van der Waals surface area contributed by atoms with Crippen molar-refractivity contribution in [3.63, 3.8) is 0 Å². The van der Waals surface area contributed by atoms with Gasteiger partial charge < -0.3 is 5.73 Å². The summed E-state index contributed by atoms with van der Waals surface area (Å²) in [5.74, 6) is 9.03. The van der Waals surface area contributed by atoms with Crippen LogP contribution in [0.1, 0.15) is 23.6 Å². The van der Waals surface area contributed by atoms with E-state index in [0.717, 1.165) is 16.5 Å². The predicted octanol–water partition coefficient (Wildman–Crippen LogP) is 2.95. The van der Waals surface area contributed by atoms with Crippen LogP contribution in [0.15, 0.2) is 12.1 Å². The molecule has 1 heterocycles. The molecule has 0 aliphatic rings. The molecule has 0 fully saturated rings. The first kappa shape index (κ1) is 12.6. The van der Waals surface area contributed by atoms with Crippen LogP contribution in [0.4, 0.5) is 0 Å². The van der Waals surface area contributed by atoms with E-state index in [1.807, 2.05) is 11.8 Å². The molecule has 15 heavy (non-hydrogen) atoms.